The molecule has 0 bridgehead atoms. The highest BCUT2D eigenvalue weighted by Gasteiger charge is 2.17. The monoisotopic (exact) mass is 462 g/mol. The largest absolute Gasteiger partial charge is 0.346 e. The van der Waals surface area contributed by atoms with Crippen molar-refractivity contribution in [3.8, 4) is 10.6 Å². The van der Waals surface area contributed by atoms with Gasteiger partial charge < -0.3 is 10.6 Å². The van der Waals surface area contributed by atoms with Gasteiger partial charge in [0.25, 0.3) is 11.8 Å². The molecular formula is C24H19ClN4O2S. The van der Waals surface area contributed by atoms with Crippen LogP contribution in [-0.4, -0.2) is 21.8 Å². The van der Waals surface area contributed by atoms with Gasteiger partial charge in [-0.05, 0) is 49.4 Å². The molecule has 0 unspecified atom stereocenters. The summed E-state index contributed by atoms with van der Waals surface area (Å²) in [6.45, 7) is 2.11. The number of halogens is 1. The fourth-order valence-electron chi connectivity index (χ4n) is 3.05. The van der Waals surface area contributed by atoms with Crippen molar-refractivity contribution >= 4 is 40.4 Å². The number of nitrogens with one attached hydrogen (secondary N) is 2. The first-order valence-electron chi connectivity index (χ1n) is 9.82. The van der Waals surface area contributed by atoms with Crippen molar-refractivity contribution in [2.45, 2.75) is 13.5 Å². The van der Waals surface area contributed by atoms with Gasteiger partial charge in [-0.25, -0.2) is 4.98 Å². The fourth-order valence-corrected chi connectivity index (χ4v) is 4.20. The number of aryl methyl sites for hydroxylation is 1. The third-order valence-corrected chi connectivity index (χ3v) is 6.05. The van der Waals surface area contributed by atoms with Crippen LogP contribution in [0.15, 0.2) is 72.9 Å². The lowest BCUT2D eigenvalue weighted by Gasteiger charge is -2.08. The number of hydrogen-bond acceptors (Lipinski definition) is 5. The molecule has 0 aliphatic carbocycles. The van der Waals surface area contributed by atoms with E-state index in [1.807, 2.05) is 36.4 Å². The molecule has 0 aliphatic rings. The first kappa shape index (κ1) is 21.7. The zero-order valence-electron chi connectivity index (χ0n) is 17.1. The summed E-state index contributed by atoms with van der Waals surface area (Å²) in [6.07, 6.45) is 1.68. The number of rotatable bonds is 6. The first-order valence-corrected chi connectivity index (χ1v) is 11.0. The highest BCUT2D eigenvalue weighted by Crippen LogP contribution is 2.30. The van der Waals surface area contributed by atoms with Crippen molar-refractivity contribution in [2.24, 2.45) is 0 Å². The van der Waals surface area contributed by atoms with E-state index in [1.54, 1.807) is 43.5 Å². The minimum Gasteiger partial charge on any atom is -0.346 e. The number of carbonyl (C=O) groups excluding carboxylic acids is 2. The van der Waals surface area contributed by atoms with Crippen LogP contribution in [0, 0.1) is 6.92 Å². The molecule has 0 saturated carbocycles. The molecule has 0 radical (unpaired) electrons. The highest BCUT2D eigenvalue weighted by atomic mass is 35.5. The summed E-state index contributed by atoms with van der Waals surface area (Å²) in [6, 6.07) is 19.7. The molecule has 160 valence electrons. The summed E-state index contributed by atoms with van der Waals surface area (Å²) in [5.74, 6) is -0.525. The van der Waals surface area contributed by atoms with Gasteiger partial charge in [0.2, 0.25) is 0 Å². The predicted octanol–water partition coefficient (Wildman–Crippen LogP) is 5.35. The molecule has 4 aromatic rings. The zero-order chi connectivity index (χ0) is 22.5. The van der Waals surface area contributed by atoms with Crippen LogP contribution in [0.2, 0.25) is 5.02 Å². The average molecular weight is 463 g/mol. The summed E-state index contributed by atoms with van der Waals surface area (Å²) in [5, 5.41) is 7.02. The standard InChI is InChI=1S/C24H19ClN4O2S/c1-15-21(32-24(28-15)17-7-4-8-18(25)12-17)23(31)29-19-10-5-6-16(13-19)22(30)27-14-20-9-2-3-11-26-20/h2-13H,14H2,1H3,(H,27,30)(H,29,31). The van der Waals surface area contributed by atoms with E-state index in [-0.39, 0.29) is 11.8 Å². The van der Waals surface area contributed by atoms with Crippen LogP contribution < -0.4 is 10.6 Å². The van der Waals surface area contributed by atoms with Gasteiger partial charge in [0.1, 0.15) is 9.88 Å². The Bertz CT molecular complexity index is 1270. The quantitative estimate of drug-likeness (QED) is 0.404. The maximum atomic E-state index is 12.9. The van der Waals surface area contributed by atoms with Crippen LogP contribution in [0.1, 0.15) is 31.4 Å². The lowest BCUT2D eigenvalue weighted by atomic mass is 10.2. The number of pyridine rings is 1. The Morgan fingerprint density at radius 1 is 1.00 bits per heavy atom. The SMILES string of the molecule is Cc1nc(-c2cccc(Cl)c2)sc1C(=O)Nc1cccc(C(=O)NCc2ccccn2)c1. The molecule has 2 aromatic heterocycles. The Hall–Kier alpha value is -3.55. The Balaban J connectivity index is 1.45. The third-order valence-electron chi connectivity index (χ3n) is 4.61. The van der Waals surface area contributed by atoms with E-state index in [1.165, 1.54) is 11.3 Å². The molecule has 0 aliphatic heterocycles. The van der Waals surface area contributed by atoms with Gasteiger partial charge in [0, 0.05) is 28.0 Å². The maximum absolute atomic E-state index is 12.9. The number of carbonyl (C=O) groups is 2. The highest BCUT2D eigenvalue weighted by molar-refractivity contribution is 7.17. The zero-order valence-corrected chi connectivity index (χ0v) is 18.7. The second kappa shape index (κ2) is 9.72. The number of anilines is 1. The molecule has 2 N–H and O–H groups in total. The second-order valence-corrected chi connectivity index (χ2v) is 8.42. The van der Waals surface area contributed by atoms with Crippen molar-refractivity contribution in [2.75, 3.05) is 5.32 Å². The molecule has 0 saturated heterocycles. The van der Waals surface area contributed by atoms with Crippen molar-refractivity contribution in [1.82, 2.24) is 15.3 Å². The van der Waals surface area contributed by atoms with Crippen LogP contribution in [0.25, 0.3) is 10.6 Å². The van der Waals surface area contributed by atoms with Crippen LogP contribution in [0.5, 0.6) is 0 Å². The molecule has 6 nitrogen and oxygen atoms in total. The van der Waals surface area contributed by atoms with Crippen molar-refractivity contribution in [3.63, 3.8) is 0 Å². The normalized spacial score (nSPS) is 10.6. The molecule has 2 aromatic carbocycles. The molecule has 0 spiro atoms. The fraction of sp³-hybridized carbons (Fsp3) is 0.0833. The van der Waals surface area contributed by atoms with Crippen LogP contribution in [0.4, 0.5) is 5.69 Å². The summed E-state index contributed by atoms with van der Waals surface area (Å²) in [5.41, 5.74) is 3.22. The van der Waals surface area contributed by atoms with E-state index in [9.17, 15) is 9.59 Å². The molecule has 4 rings (SSSR count). The van der Waals surface area contributed by atoms with Gasteiger partial charge in [0.05, 0.1) is 17.9 Å². The molecule has 8 heteroatoms. The lowest BCUT2D eigenvalue weighted by molar-refractivity contribution is 0.0949. The molecule has 2 amide bonds. The number of aromatic nitrogens is 2. The van der Waals surface area contributed by atoms with E-state index in [2.05, 4.69) is 20.6 Å². The Kier molecular flexibility index (Phi) is 6.58. The van der Waals surface area contributed by atoms with Gasteiger partial charge in [0.15, 0.2) is 0 Å². The van der Waals surface area contributed by atoms with E-state index in [0.717, 1.165) is 16.3 Å². The first-order chi connectivity index (χ1) is 15.5. The van der Waals surface area contributed by atoms with Gasteiger partial charge in [-0.3, -0.25) is 14.6 Å². The van der Waals surface area contributed by atoms with Gasteiger partial charge in [-0.15, -0.1) is 11.3 Å². The summed E-state index contributed by atoms with van der Waals surface area (Å²) in [4.78, 5) is 34.6. The number of hydrogen-bond donors (Lipinski definition) is 2. The summed E-state index contributed by atoms with van der Waals surface area (Å²) >= 11 is 7.37. The van der Waals surface area contributed by atoms with Crippen molar-refractivity contribution in [1.29, 1.82) is 0 Å². The van der Waals surface area contributed by atoms with Crippen LogP contribution >= 0.6 is 22.9 Å². The minimum atomic E-state index is -0.278. The second-order valence-electron chi connectivity index (χ2n) is 6.98. The Morgan fingerprint density at radius 3 is 2.62 bits per heavy atom. The van der Waals surface area contributed by atoms with Gasteiger partial charge >= 0.3 is 0 Å². The maximum Gasteiger partial charge on any atom is 0.267 e. The van der Waals surface area contributed by atoms with Crippen LogP contribution in [0.3, 0.4) is 0 Å². The molecule has 0 fully saturated rings. The molecular weight excluding hydrogens is 444 g/mol. The van der Waals surface area contributed by atoms with E-state index in [4.69, 9.17) is 11.6 Å². The topological polar surface area (TPSA) is 84.0 Å². The van der Waals surface area contributed by atoms with Crippen LogP contribution in [-0.2, 0) is 6.54 Å². The average Bonchev–Trinajstić information content (AvgIpc) is 3.20. The molecule has 0 atom stereocenters. The summed E-state index contributed by atoms with van der Waals surface area (Å²) in [7, 11) is 0. The lowest BCUT2D eigenvalue weighted by Crippen LogP contribution is -2.23. The predicted molar refractivity (Wildman–Crippen MR) is 127 cm³/mol. The van der Waals surface area contributed by atoms with Crippen molar-refractivity contribution in [3.05, 3.63) is 99.8 Å². The number of amides is 2. The van der Waals surface area contributed by atoms with E-state index in [0.29, 0.717) is 33.4 Å². The molecule has 2 heterocycles. The Morgan fingerprint density at radius 2 is 1.84 bits per heavy atom. The smallest absolute Gasteiger partial charge is 0.267 e. The number of thiazole rings is 1. The minimum absolute atomic E-state index is 0.246. The Labute approximate surface area is 194 Å². The van der Waals surface area contributed by atoms with E-state index < -0.39 is 0 Å². The third kappa shape index (κ3) is 5.19. The van der Waals surface area contributed by atoms with Gasteiger partial charge in [-0.2, -0.15) is 0 Å². The van der Waals surface area contributed by atoms with E-state index >= 15 is 0 Å². The summed E-state index contributed by atoms with van der Waals surface area (Å²) < 4.78 is 0. The molecule has 32 heavy (non-hydrogen) atoms. The number of benzene rings is 2. The van der Waals surface area contributed by atoms with Gasteiger partial charge in [-0.1, -0.05) is 35.9 Å². The van der Waals surface area contributed by atoms with Crippen molar-refractivity contribution < 1.29 is 9.59 Å². The number of nitrogens with zero attached hydrogens (tertiary/aromatic N) is 2.